The molecule has 0 aliphatic rings. The molecule has 0 aliphatic carbocycles. The van der Waals surface area contributed by atoms with Gasteiger partial charge in [0, 0.05) is 38.6 Å². The van der Waals surface area contributed by atoms with E-state index >= 15 is 0 Å². The summed E-state index contributed by atoms with van der Waals surface area (Å²) in [6.45, 7) is 1.08. The van der Waals surface area contributed by atoms with E-state index in [2.05, 4.69) is 20.3 Å². The highest BCUT2D eigenvalue weighted by Crippen LogP contribution is 2.10. The maximum atomic E-state index is 13.7. The number of aromatic nitrogens is 3. The van der Waals surface area contributed by atoms with Crippen LogP contribution >= 0.6 is 0 Å². The number of benzene rings is 1. The van der Waals surface area contributed by atoms with Crippen molar-refractivity contribution in [2.24, 2.45) is 0 Å². The van der Waals surface area contributed by atoms with Gasteiger partial charge in [0.2, 0.25) is 0 Å². The van der Waals surface area contributed by atoms with Gasteiger partial charge in [-0.25, -0.2) is 14.4 Å². The molecule has 3 rings (SSSR count). The predicted octanol–water partition coefficient (Wildman–Crippen LogP) is 2.98. The first-order valence-electron chi connectivity index (χ1n) is 9.07. The molecule has 7 heteroatoms. The fourth-order valence-corrected chi connectivity index (χ4v) is 2.74. The molecule has 1 amide bonds. The minimum absolute atomic E-state index is 0.173. The van der Waals surface area contributed by atoms with Crippen LogP contribution in [0, 0.1) is 5.82 Å². The number of likely N-dealkylation sites (N-methyl/N-ethyl adjacent to an activating group) is 1. The Balaban J connectivity index is 1.54. The van der Waals surface area contributed by atoms with E-state index in [1.807, 2.05) is 18.2 Å². The van der Waals surface area contributed by atoms with Crippen molar-refractivity contribution in [1.29, 1.82) is 0 Å². The molecule has 0 aliphatic heterocycles. The molecule has 0 spiro atoms. The van der Waals surface area contributed by atoms with Crippen molar-refractivity contribution in [3.05, 3.63) is 83.8 Å². The van der Waals surface area contributed by atoms with Gasteiger partial charge >= 0.3 is 0 Å². The summed E-state index contributed by atoms with van der Waals surface area (Å²) >= 11 is 0. The first-order valence-corrected chi connectivity index (χ1v) is 9.07. The standard InChI is InChI=1S/C21H22FN5O/c1-27(13-9-16-6-10-23-11-7-16)21(28)19-14-20(26-15-25-19)24-12-8-17-4-2-3-5-18(17)22/h2-7,10-11,14-15H,8-9,12-13H2,1H3,(H,24,25,26). The third-order valence-corrected chi connectivity index (χ3v) is 4.38. The van der Waals surface area contributed by atoms with E-state index in [4.69, 9.17) is 0 Å². The summed E-state index contributed by atoms with van der Waals surface area (Å²) in [5.74, 6) is 0.143. The van der Waals surface area contributed by atoms with Crippen molar-refractivity contribution in [1.82, 2.24) is 19.9 Å². The Morgan fingerprint density at radius 3 is 2.68 bits per heavy atom. The number of pyridine rings is 1. The maximum absolute atomic E-state index is 13.7. The van der Waals surface area contributed by atoms with Crippen molar-refractivity contribution >= 4 is 11.7 Å². The normalized spacial score (nSPS) is 10.5. The van der Waals surface area contributed by atoms with Gasteiger partial charge in [-0.3, -0.25) is 9.78 Å². The molecule has 6 nitrogen and oxygen atoms in total. The Morgan fingerprint density at radius 2 is 1.89 bits per heavy atom. The number of nitrogens with zero attached hydrogens (tertiary/aromatic N) is 4. The van der Waals surface area contributed by atoms with Gasteiger partial charge in [-0.2, -0.15) is 0 Å². The summed E-state index contributed by atoms with van der Waals surface area (Å²) < 4.78 is 13.7. The van der Waals surface area contributed by atoms with Crippen LogP contribution in [0.15, 0.2) is 61.2 Å². The summed E-state index contributed by atoms with van der Waals surface area (Å²) in [5.41, 5.74) is 2.07. The van der Waals surface area contributed by atoms with Crippen LogP contribution in [0.2, 0.25) is 0 Å². The molecule has 0 unspecified atom stereocenters. The van der Waals surface area contributed by atoms with E-state index in [-0.39, 0.29) is 11.7 Å². The Morgan fingerprint density at radius 1 is 1.11 bits per heavy atom. The SMILES string of the molecule is CN(CCc1ccncc1)C(=O)c1cc(NCCc2ccccc2F)ncn1. The van der Waals surface area contributed by atoms with E-state index < -0.39 is 0 Å². The summed E-state index contributed by atoms with van der Waals surface area (Å²) in [6, 6.07) is 12.2. The van der Waals surface area contributed by atoms with Gasteiger partial charge in [-0.05, 0) is 42.2 Å². The van der Waals surface area contributed by atoms with Crippen molar-refractivity contribution in [3.63, 3.8) is 0 Å². The first kappa shape index (κ1) is 19.4. The van der Waals surface area contributed by atoms with Gasteiger partial charge in [0.25, 0.3) is 5.91 Å². The van der Waals surface area contributed by atoms with Crippen LogP contribution in [0.5, 0.6) is 0 Å². The van der Waals surface area contributed by atoms with Crippen molar-refractivity contribution in [3.8, 4) is 0 Å². The molecule has 0 radical (unpaired) electrons. The Kier molecular flexibility index (Phi) is 6.62. The lowest BCUT2D eigenvalue weighted by Gasteiger charge is -2.17. The van der Waals surface area contributed by atoms with E-state index in [1.54, 1.807) is 42.5 Å². The lowest BCUT2D eigenvalue weighted by molar-refractivity contribution is 0.0790. The number of halogens is 1. The van der Waals surface area contributed by atoms with Gasteiger partial charge in [0.1, 0.15) is 23.7 Å². The number of hydrogen-bond acceptors (Lipinski definition) is 5. The molecule has 28 heavy (non-hydrogen) atoms. The quantitative estimate of drug-likeness (QED) is 0.652. The number of nitrogens with one attached hydrogen (secondary N) is 1. The highest BCUT2D eigenvalue weighted by Gasteiger charge is 2.14. The zero-order valence-corrected chi connectivity index (χ0v) is 15.7. The fraction of sp³-hybridized carbons (Fsp3) is 0.238. The molecule has 1 N–H and O–H groups in total. The number of hydrogen-bond donors (Lipinski definition) is 1. The van der Waals surface area contributed by atoms with E-state index in [1.165, 1.54) is 12.4 Å². The molecule has 1 aromatic carbocycles. The third kappa shape index (κ3) is 5.33. The van der Waals surface area contributed by atoms with Gasteiger partial charge in [-0.1, -0.05) is 18.2 Å². The highest BCUT2D eigenvalue weighted by molar-refractivity contribution is 5.92. The van der Waals surface area contributed by atoms with Crippen LogP contribution in [0.1, 0.15) is 21.6 Å². The number of rotatable bonds is 8. The second kappa shape index (κ2) is 9.55. The average Bonchev–Trinajstić information content (AvgIpc) is 2.74. The second-order valence-corrected chi connectivity index (χ2v) is 6.39. The number of carbonyl (C=O) groups is 1. The van der Waals surface area contributed by atoms with E-state index in [0.717, 1.165) is 12.0 Å². The summed E-state index contributed by atoms with van der Waals surface area (Å²) in [6.07, 6.45) is 6.09. The Labute approximate surface area is 163 Å². The molecule has 0 saturated carbocycles. The van der Waals surface area contributed by atoms with Gasteiger partial charge < -0.3 is 10.2 Å². The van der Waals surface area contributed by atoms with Crippen LogP contribution in [0.3, 0.4) is 0 Å². The largest absolute Gasteiger partial charge is 0.370 e. The highest BCUT2D eigenvalue weighted by atomic mass is 19.1. The predicted molar refractivity (Wildman–Crippen MR) is 106 cm³/mol. The third-order valence-electron chi connectivity index (χ3n) is 4.38. The van der Waals surface area contributed by atoms with E-state index in [0.29, 0.717) is 36.6 Å². The zero-order valence-electron chi connectivity index (χ0n) is 15.7. The summed E-state index contributed by atoms with van der Waals surface area (Å²) in [7, 11) is 1.75. The minimum atomic E-state index is -0.223. The molecule has 0 bridgehead atoms. The molecule has 0 fully saturated rings. The lowest BCUT2D eigenvalue weighted by Crippen LogP contribution is -2.29. The van der Waals surface area contributed by atoms with Crippen molar-refractivity contribution < 1.29 is 9.18 Å². The van der Waals surface area contributed by atoms with Crippen LogP contribution in [0.4, 0.5) is 10.2 Å². The van der Waals surface area contributed by atoms with E-state index in [9.17, 15) is 9.18 Å². The van der Waals surface area contributed by atoms with Crippen LogP contribution in [-0.2, 0) is 12.8 Å². The molecule has 0 saturated heterocycles. The maximum Gasteiger partial charge on any atom is 0.272 e. The topological polar surface area (TPSA) is 71.0 Å². The van der Waals surface area contributed by atoms with Crippen LogP contribution < -0.4 is 5.32 Å². The molecular weight excluding hydrogens is 357 g/mol. The summed E-state index contributed by atoms with van der Waals surface area (Å²) in [5, 5.41) is 3.12. The second-order valence-electron chi connectivity index (χ2n) is 6.39. The molecule has 144 valence electrons. The molecule has 2 heterocycles. The molecule has 2 aromatic heterocycles. The van der Waals surface area contributed by atoms with Gasteiger partial charge in [-0.15, -0.1) is 0 Å². The van der Waals surface area contributed by atoms with Crippen LogP contribution in [-0.4, -0.2) is 45.9 Å². The zero-order chi connectivity index (χ0) is 19.8. The molecular formula is C21H22FN5O. The summed E-state index contributed by atoms with van der Waals surface area (Å²) in [4.78, 5) is 26.4. The first-order chi connectivity index (χ1) is 13.6. The monoisotopic (exact) mass is 379 g/mol. The Bertz CT molecular complexity index is 919. The van der Waals surface area contributed by atoms with Crippen molar-refractivity contribution in [2.75, 3.05) is 25.5 Å². The number of amides is 1. The van der Waals surface area contributed by atoms with Crippen LogP contribution in [0.25, 0.3) is 0 Å². The molecule has 3 aromatic rings. The Hall–Kier alpha value is -3.35. The molecule has 0 atom stereocenters. The number of anilines is 1. The number of carbonyl (C=O) groups excluding carboxylic acids is 1. The smallest absolute Gasteiger partial charge is 0.272 e. The average molecular weight is 379 g/mol. The van der Waals surface area contributed by atoms with Gasteiger partial charge in [0.15, 0.2) is 0 Å². The lowest BCUT2D eigenvalue weighted by atomic mass is 10.1. The van der Waals surface area contributed by atoms with Crippen molar-refractivity contribution in [2.45, 2.75) is 12.8 Å². The minimum Gasteiger partial charge on any atom is -0.370 e. The fourth-order valence-electron chi connectivity index (χ4n) is 2.74. The van der Waals surface area contributed by atoms with Gasteiger partial charge in [0.05, 0.1) is 0 Å².